The highest BCUT2D eigenvalue weighted by molar-refractivity contribution is 7.99. The SMILES string of the molecule is CNC(Cc1ccc(C)cc1Cl)CC1CCSCC1. The van der Waals surface area contributed by atoms with Crippen molar-refractivity contribution in [3.63, 3.8) is 0 Å². The van der Waals surface area contributed by atoms with E-state index < -0.39 is 0 Å². The van der Waals surface area contributed by atoms with Gasteiger partial charge in [-0.05, 0) is 74.3 Å². The van der Waals surface area contributed by atoms with E-state index >= 15 is 0 Å². The summed E-state index contributed by atoms with van der Waals surface area (Å²) in [5.74, 6) is 3.57. The lowest BCUT2D eigenvalue weighted by Crippen LogP contribution is -2.31. The van der Waals surface area contributed by atoms with Gasteiger partial charge < -0.3 is 5.32 Å². The van der Waals surface area contributed by atoms with E-state index in [0.29, 0.717) is 6.04 Å². The summed E-state index contributed by atoms with van der Waals surface area (Å²) in [5, 5.41) is 4.39. The molecule has 0 saturated carbocycles. The zero-order valence-corrected chi connectivity index (χ0v) is 13.5. The Morgan fingerprint density at radius 2 is 2.11 bits per heavy atom. The topological polar surface area (TPSA) is 12.0 Å². The molecule has 0 amide bonds. The van der Waals surface area contributed by atoms with Crippen LogP contribution in [0.3, 0.4) is 0 Å². The molecule has 1 saturated heterocycles. The molecule has 1 aromatic carbocycles. The van der Waals surface area contributed by atoms with E-state index in [1.54, 1.807) is 0 Å². The highest BCUT2D eigenvalue weighted by atomic mass is 35.5. The van der Waals surface area contributed by atoms with E-state index in [9.17, 15) is 0 Å². The Kier molecular flexibility index (Phi) is 6.06. The second kappa shape index (κ2) is 7.56. The van der Waals surface area contributed by atoms with Gasteiger partial charge in [0.05, 0.1) is 0 Å². The van der Waals surface area contributed by atoms with Gasteiger partial charge in [0.25, 0.3) is 0 Å². The van der Waals surface area contributed by atoms with Gasteiger partial charge in [0.1, 0.15) is 0 Å². The average molecular weight is 298 g/mol. The number of hydrogen-bond acceptors (Lipinski definition) is 2. The van der Waals surface area contributed by atoms with Gasteiger partial charge in [-0.1, -0.05) is 23.7 Å². The molecule has 0 spiro atoms. The lowest BCUT2D eigenvalue weighted by molar-refractivity contribution is 0.376. The molecule has 1 aromatic rings. The van der Waals surface area contributed by atoms with E-state index in [2.05, 4.69) is 49.2 Å². The van der Waals surface area contributed by atoms with Crippen LogP contribution in [0.25, 0.3) is 0 Å². The summed E-state index contributed by atoms with van der Waals surface area (Å²) in [5.41, 5.74) is 2.51. The number of rotatable bonds is 5. The van der Waals surface area contributed by atoms with Gasteiger partial charge in [0.15, 0.2) is 0 Å². The third kappa shape index (κ3) is 4.70. The summed E-state index contributed by atoms with van der Waals surface area (Å²) < 4.78 is 0. The summed E-state index contributed by atoms with van der Waals surface area (Å²) in [4.78, 5) is 0. The van der Waals surface area contributed by atoms with Crippen molar-refractivity contribution in [3.8, 4) is 0 Å². The molecule has 1 fully saturated rings. The molecule has 2 rings (SSSR count). The molecule has 1 unspecified atom stereocenters. The number of nitrogens with one attached hydrogen (secondary N) is 1. The Balaban J connectivity index is 1.94. The minimum atomic E-state index is 0.549. The lowest BCUT2D eigenvalue weighted by Gasteiger charge is -2.26. The van der Waals surface area contributed by atoms with E-state index in [4.69, 9.17) is 11.6 Å². The first-order valence-electron chi connectivity index (χ1n) is 7.19. The number of thioether (sulfide) groups is 1. The third-order valence-corrected chi connectivity index (χ3v) is 5.44. The maximum atomic E-state index is 6.34. The zero-order chi connectivity index (χ0) is 13.7. The van der Waals surface area contributed by atoms with E-state index in [-0.39, 0.29) is 0 Å². The van der Waals surface area contributed by atoms with Gasteiger partial charge in [-0.15, -0.1) is 0 Å². The molecular formula is C16H24ClNS. The van der Waals surface area contributed by atoms with Crippen molar-refractivity contribution in [1.29, 1.82) is 0 Å². The predicted molar refractivity (Wildman–Crippen MR) is 87.4 cm³/mol. The quantitative estimate of drug-likeness (QED) is 0.869. The van der Waals surface area contributed by atoms with Crippen molar-refractivity contribution in [2.45, 2.75) is 38.6 Å². The minimum absolute atomic E-state index is 0.549. The second-order valence-electron chi connectivity index (χ2n) is 5.58. The molecule has 0 radical (unpaired) electrons. The van der Waals surface area contributed by atoms with E-state index in [0.717, 1.165) is 17.4 Å². The standard InChI is InChI=1S/C16H24ClNS/c1-12-3-4-14(16(17)9-12)11-15(18-2)10-13-5-7-19-8-6-13/h3-4,9,13,15,18H,5-8,10-11H2,1-2H3. The largest absolute Gasteiger partial charge is 0.317 e. The monoisotopic (exact) mass is 297 g/mol. The molecule has 1 N–H and O–H groups in total. The van der Waals surface area contributed by atoms with Crippen molar-refractivity contribution in [2.75, 3.05) is 18.6 Å². The molecule has 1 heterocycles. The van der Waals surface area contributed by atoms with Crippen LogP contribution in [0.5, 0.6) is 0 Å². The molecule has 1 aliphatic rings. The average Bonchev–Trinajstić information content (AvgIpc) is 2.42. The smallest absolute Gasteiger partial charge is 0.0441 e. The first-order chi connectivity index (χ1) is 9.19. The summed E-state index contributed by atoms with van der Waals surface area (Å²) in [6.07, 6.45) is 5.08. The second-order valence-corrected chi connectivity index (χ2v) is 7.21. The molecule has 106 valence electrons. The van der Waals surface area contributed by atoms with Crippen LogP contribution in [0.2, 0.25) is 5.02 Å². The Bertz CT molecular complexity index is 402. The summed E-state index contributed by atoms with van der Waals surface area (Å²) in [6, 6.07) is 6.96. The highest BCUT2D eigenvalue weighted by Crippen LogP contribution is 2.28. The van der Waals surface area contributed by atoms with Gasteiger partial charge >= 0.3 is 0 Å². The maximum absolute atomic E-state index is 6.34. The van der Waals surface area contributed by atoms with E-state index in [1.807, 2.05) is 0 Å². The zero-order valence-electron chi connectivity index (χ0n) is 11.9. The number of likely N-dealkylation sites (N-methyl/N-ethyl adjacent to an activating group) is 1. The molecule has 0 aromatic heterocycles. The van der Waals surface area contributed by atoms with Crippen molar-refractivity contribution in [3.05, 3.63) is 34.3 Å². The lowest BCUT2D eigenvalue weighted by atomic mass is 9.91. The summed E-state index contributed by atoms with van der Waals surface area (Å²) >= 11 is 8.44. The highest BCUT2D eigenvalue weighted by Gasteiger charge is 2.19. The Morgan fingerprint density at radius 1 is 1.37 bits per heavy atom. The predicted octanol–water partition coefficient (Wildman–Crippen LogP) is 4.31. The number of hydrogen-bond donors (Lipinski definition) is 1. The first-order valence-corrected chi connectivity index (χ1v) is 8.72. The summed E-state index contributed by atoms with van der Waals surface area (Å²) in [6.45, 7) is 2.09. The van der Waals surface area contributed by atoms with Gasteiger partial charge in [-0.3, -0.25) is 0 Å². The fraction of sp³-hybridized carbons (Fsp3) is 0.625. The van der Waals surface area contributed by atoms with Crippen LogP contribution < -0.4 is 5.32 Å². The number of benzene rings is 1. The number of halogens is 1. The third-order valence-electron chi connectivity index (χ3n) is 4.04. The van der Waals surface area contributed by atoms with Gasteiger partial charge in [-0.25, -0.2) is 0 Å². The van der Waals surface area contributed by atoms with Crippen LogP contribution >= 0.6 is 23.4 Å². The Morgan fingerprint density at radius 3 is 2.74 bits per heavy atom. The first kappa shape index (κ1) is 15.2. The summed E-state index contributed by atoms with van der Waals surface area (Å²) in [7, 11) is 2.07. The normalized spacial score (nSPS) is 18.5. The van der Waals surface area contributed by atoms with Crippen molar-refractivity contribution in [2.24, 2.45) is 5.92 Å². The molecule has 1 aliphatic heterocycles. The van der Waals surface area contributed by atoms with Crippen LogP contribution in [-0.2, 0) is 6.42 Å². The van der Waals surface area contributed by atoms with Gasteiger partial charge in [-0.2, -0.15) is 11.8 Å². The van der Waals surface area contributed by atoms with Gasteiger partial charge in [0, 0.05) is 11.1 Å². The fourth-order valence-electron chi connectivity index (χ4n) is 2.77. The van der Waals surface area contributed by atoms with Crippen LogP contribution in [0, 0.1) is 12.8 Å². The van der Waals surface area contributed by atoms with Crippen LogP contribution in [0.1, 0.15) is 30.4 Å². The maximum Gasteiger partial charge on any atom is 0.0441 e. The molecule has 0 bridgehead atoms. The van der Waals surface area contributed by atoms with Crippen molar-refractivity contribution < 1.29 is 0 Å². The molecule has 0 aliphatic carbocycles. The van der Waals surface area contributed by atoms with Gasteiger partial charge in [0.2, 0.25) is 0 Å². The number of aryl methyl sites for hydroxylation is 1. The minimum Gasteiger partial charge on any atom is -0.317 e. The molecular weight excluding hydrogens is 274 g/mol. The van der Waals surface area contributed by atoms with Crippen LogP contribution in [0.15, 0.2) is 18.2 Å². The Hall–Kier alpha value is -0.180. The fourth-order valence-corrected chi connectivity index (χ4v) is 4.29. The molecule has 3 heteroatoms. The Labute approximate surface area is 126 Å². The molecule has 19 heavy (non-hydrogen) atoms. The van der Waals surface area contributed by atoms with Crippen molar-refractivity contribution >= 4 is 23.4 Å². The molecule has 1 atom stereocenters. The van der Waals surface area contributed by atoms with Crippen molar-refractivity contribution in [1.82, 2.24) is 5.32 Å². The van der Waals surface area contributed by atoms with E-state index in [1.165, 1.54) is 41.9 Å². The van der Waals surface area contributed by atoms with Crippen LogP contribution in [0.4, 0.5) is 0 Å². The molecule has 1 nitrogen and oxygen atoms in total. The van der Waals surface area contributed by atoms with Crippen LogP contribution in [-0.4, -0.2) is 24.6 Å².